The number of rotatable bonds is 3. The maximum Gasteiger partial charge on any atom is 0.128 e. The third-order valence-electron chi connectivity index (χ3n) is 3.49. The first-order valence-corrected chi connectivity index (χ1v) is 6.38. The van der Waals surface area contributed by atoms with Gasteiger partial charge < -0.3 is 9.47 Å². The number of hydrogen-bond acceptors (Lipinski definition) is 2. The minimum atomic E-state index is 0.0110. The predicted octanol–water partition coefficient (Wildman–Crippen LogP) is 3.39. The standard InChI is InChI=1S/C14H19ClO2/c1-8-5-9(2)10(3)12(6-8)17-13-7-11(15)14(13)16-4/h5-6,11,13-14H,7H2,1-4H3. The molecule has 1 fully saturated rings. The Labute approximate surface area is 108 Å². The molecule has 1 saturated carbocycles. The Morgan fingerprint density at radius 3 is 2.53 bits per heavy atom. The molecule has 0 saturated heterocycles. The zero-order valence-electron chi connectivity index (χ0n) is 10.8. The molecule has 2 nitrogen and oxygen atoms in total. The summed E-state index contributed by atoms with van der Waals surface area (Å²) in [6.07, 6.45) is 0.950. The molecule has 0 radical (unpaired) electrons. The summed E-state index contributed by atoms with van der Waals surface area (Å²) in [5.41, 5.74) is 3.68. The zero-order valence-corrected chi connectivity index (χ0v) is 11.5. The number of benzene rings is 1. The molecule has 1 aliphatic carbocycles. The van der Waals surface area contributed by atoms with Gasteiger partial charge >= 0.3 is 0 Å². The van der Waals surface area contributed by atoms with Crippen molar-refractivity contribution in [1.29, 1.82) is 0 Å². The van der Waals surface area contributed by atoms with Gasteiger partial charge in [0.2, 0.25) is 0 Å². The van der Waals surface area contributed by atoms with Crippen LogP contribution in [0.3, 0.4) is 0 Å². The lowest BCUT2D eigenvalue weighted by Crippen LogP contribution is -2.52. The Balaban J connectivity index is 2.14. The minimum absolute atomic E-state index is 0.0110. The topological polar surface area (TPSA) is 18.5 Å². The summed E-state index contributed by atoms with van der Waals surface area (Å²) >= 11 is 6.07. The molecule has 0 aliphatic heterocycles. The zero-order chi connectivity index (χ0) is 12.6. The number of aryl methyl sites for hydroxylation is 2. The number of ether oxygens (including phenoxy) is 2. The summed E-state index contributed by atoms with van der Waals surface area (Å²) in [5.74, 6) is 0.957. The lowest BCUT2D eigenvalue weighted by atomic mass is 9.90. The van der Waals surface area contributed by atoms with E-state index in [1.807, 2.05) is 0 Å². The minimum Gasteiger partial charge on any atom is -0.487 e. The Morgan fingerprint density at radius 1 is 1.24 bits per heavy atom. The summed E-state index contributed by atoms with van der Waals surface area (Å²) in [7, 11) is 1.68. The van der Waals surface area contributed by atoms with Crippen LogP contribution in [0.2, 0.25) is 0 Å². The average Bonchev–Trinajstić information content (AvgIpc) is 2.24. The highest BCUT2D eigenvalue weighted by Gasteiger charge is 2.42. The van der Waals surface area contributed by atoms with Crippen LogP contribution < -0.4 is 4.74 Å². The van der Waals surface area contributed by atoms with Gasteiger partial charge in [-0.1, -0.05) is 6.07 Å². The Kier molecular flexibility index (Phi) is 3.64. The second-order valence-electron chi connectivity index (χ2n) is 4.81. The maximum absolute atomic E-state index is 6.07. The van der Waals surface area contributed by atoms with Gasteiger partial charge in [0.25, 0.3) is 0 Å². The second kappa shape index (κ2) is 4.87. The molecule has 0 amide bonds. The van der Waals surface area contributed by atoms with Crippen LogP contribution in [0.5, 0.6) is 5.75 Å². The van der Waals surface area contributed by atoms with Gasteiger partial charge in [0, 0.05) is 13.5 Å². The smallest absolute Gasteiger partial charge is 0.128 e. The van der Waals surface area contributed by atoms with Crippen LogP contribution >= 0.6 is 11.6 Å². The van der Waals surface area contributed by atoms with Crippen molar-refractivity contribution in [3.8, 4) is 5.75 Å². The number of methoxy groups -OCH3 is 1. The van der Waals surface area contributed by atoms with Crippen LogP contribution in [-0.4, -0.2) is 24.7 Å². The summed E-state index contributed by atoms with van der Waals surface area (Å²) < 4.78 is 11.3. The molecular weight excluding hydrogens is 236 g/mol. The molecular formula is C14H19ClO2. The van der Waals surface area contributed by atoms with E-state index < -0.39 is 0 Å². The first-order chi connectivity index (χ1) is 8.02. The van der Waals surface area contributed by atoms with E-state index in [1.54, 1.807) is 7.11 Å². The first kappa shape index (κ1) is 12.7. The lowest BCUT2D eigenvalue weighted by Gasteiger charge is -2.40. The van der Waals surface area contributed by atoms with Gasteiger partial charge in [0.15, 0.2) is 0 Å². The third-order valence-corrected chi connectivity index (χ3v) is 3.92. The molecule has 17 heavy (non-hydrogen) atoms. The first-order valence-electron chi connectivity index (χ1n) is 5.94. The van der Waals surface area contributed by atoms with E-state index in [9.17, 15) is 0 Å². The molecule has 2 rings (SSSR count). The molecule has 1 aromatic carbocycles. The third kappa shape index (κ3) is 2.43. The normalized spacial score (nSPS) is 27.7. The van der Waals surface area contributed by atoms with Crippen molar-refractivity contribution in [3.63, 3.8) is 0 Å². The fourth-order valence-corrected chi connectivity index (χ4v) is 2.67. The number of hydrogen-bond donors (Lipinski definition) is 0. The van der Waals surface area contributed by atoms with Crippen LogP contribution in [-0.2, 0) is 4.74 Å². The maximum atomic E-state index is 6.07. The molecule has 1 aromatic rings. The summed E-state index contributed by atoms with van der Waals surface area (Å²) in [6.45, 7) is 6.27. The Morgan fingerprint density at radius 2 is 1.94 bits per heavy atom. The van der Waals surface area contributed by atoms with E-state index in [1.165, 1.54) is 16.7 Å². The molecule has 3 heteroatoms. The molecule has 0 aromatic heterocycles. The highest BCUT2D eigenvalue weighted by molar-refractivity contribution is 6.21. The lowest BCUT2D eigenvalue weighted by molar-refractivity contribution is -0.0586. The van der Waals surface area contributed by atoms with Crippen molar-refractivity contribution in [2.24, 2.45) is 0 Å². The number of alkyl halides is 1. The SMILES string of the molecule is COC1C(Cl)CC1Oc1cc(C)cc(C)c1C. The summed E-state index contributed by atoms with van der Waals surface area (Å²) in [4.78, 5) is 0. The van der Waals surface area contributed by atoms with Crippen molar-refractivity contribution < 1.29 is 9.47 Å². The van der Waals surface area contributed by atoms with Crippen molar-refractivity contribution in [1.82, 2.24) is 0 Å². The van der Waals surface area contributed by atoms with Gasteiger partial charge in [-0.3, -0.25) is 0 Å². The van der Waals surface area contributed by atoms with Gasteiger partial charge in [0.1, 0.15) is 18.0 Å². The number of halogens is 1. The highest BCUT2D eigenvalue weighted by Crippen LogP contribution is 2.34. The molecule has 3 atom stereocenters. The average molecular weight is 255 g/mol. The van der Waals surface area contributed by atoms with Gasteiger partial charge in [0.05, 0.1) is 5.38 Å². The van der Waals surface area contributed by atoms with Crippen molar-refractivity contribution in [2.45, 2.75) is 44.8 Å². The van der Waals surface area contributed by atoms with Crippen molar-refractivity contribution >= 4 is 11.6 Å². The molecule has 0 N–H and O–H groups in total. The molecule has 3 unspecified atom stereocenters. The van der Waals surface area contributed by atoms with Gasteiger partial charge in [-0.15, -0.1) is 11.6 Å². The van der Waals surface area contributed by atoms with Crippen LogP contribution in [0.15, 0.2) is 12.1 Å². The van der Waals surface area contributed by atoms with Gasteiger partial charge in [-0.2, -0.15) is 0 Å². The molecule has 94 valence electrons. The molecule has 0 heterocycles. The van der Waals surface area contributed by atoms with E-state index in [2.05, 4.69) is 32.9 Å². The van der Waals surface area contributed by atoms with E-state index in [4.69, 9.17) is 21.1 Å². The highest BCUT2D eigenvalue weighted by atomic mass is 35.5. The van der Waals surface area contributed by atoms with Gasteiger partial charge in [-0.05, 0) is 43.5 Å². The van der Waals surface area contributed by atoms with Crippen molar-refractivity contribution in [2.75, 3.05) is 7.11 Å². The largest absolute Gasteiger partial charge is 0.487 e. The van der Waals surface area contributed by atoms with E-state index in [0.717, 1.165) is 12.2 Å². The molecule has 0 bridgehead atoms. The van der Waals surface area contributed by atoms with E-state index in [-0.39, 0.29) is 17.6 Å². The quantitative estimate of drug-likeness (QED) is 0.770. The fourth-order valence-electron chi connectivity index (χ4n) is 2.23. The Bertz CT molecular complexity index is 417. The van der Waals surface area contributed by atoms with Crippen LogP contribution in [0.1, 0.15) is 23.1 Å². The predicted molar refractivity (Wildman–Crippen MR) is 70.1 cm³/mol. The monoisotopic (exact) mass is 254 g/mol. The van der Waals surface area contributed by atoms with E-state index >= 15 is 0 Å². The van der Waals surface area contributed by atoms with Crippen LogP contribution in [0.25, 0.3) is 0 Å². The van der Waals surface area contributed by atoms with Crippen LogP contribution in [0, 0.1) is 20.8 Å². The fraction of sp³-hybridized carbons (Fsp3) is 0.571. The van der Waals surface area contributed by atoms with Crippen LogP contribution in [0.4, 0.5) is 0 Å². The summed E-state index contributed by atoms with van der Waals surface area (Å²) in [6, 6.07) is 4.25. The Hall–Kier alpha value is -0.730. The van der Waals surface area contributed by atoms with Crippen molar-refractivity contribution in [3.05, 3.63) is 28.8 Å². The second-order valence-corrected chi connectivity index (χ2v) is 5.37. The van der Waals surface area contributed by atoms with E-state index in [0.29, 0.717) is 0 Å². The summed E-state index contributed by atoms with van der Waals surface area (Å²) in [5, 5.41) is 0.0798. The molecule has 1 aliphatic rings. The van der Waals surface area contributed by atoms with Gasteiger partial charge in [-0.25, -0.2) is 0 Å². The molecule has 0 spiro atoms.